The fourth-order valence-electron chi connectivity index (χ4n) is 7.69. The molecule has 3 fully saturated rings. The molecule has 0 bridgehead atoms. The maximum Gasteiger partial charge on any atom is 0.335 e. The Balaban J connectivity index is 0.000000305. The van der Waals surface area contributed by atoms with Gasteiger partial charge in [0.15, 0.2) is 0 Å². The number of likely N-dealkylation sites (tertiary alicyclic amines) is 1. The number of piperidine rings is 1. The Labute approximate surface area is 477 Å². The predicted molar refractivity (Wildman–Crippen MR) is 289 cm³/mol. The van der Waals surface area contributed by atoms with Crippen LogP contribution in [-0.4, -0.2) is 248 Å². The van der Waals surface area contributed by atoms with Gasteiger partial charge in [0.25, 0.3) is 17.7 Å². The first-order valence-electron chi connectivity index (χ1n) is 27.5. The number of aromatic nitrogens is 5. The van der Waals surface area contributed by atoms with Crippen LogP contribution in [0.4, 0.5) is 21.2 Å². The van der Waals surface area contributed by atoms with Crippen molar-refractivity contribution in [1.82, 2.24) is 40.2 Å². The molecule has 3 aromatic rings. The highest BCUT2D eigenvalue weighted by Crippen LogP contribution is 2.32. The lowest BCUT2D eigenvalue weighted by atomic mass is 9.87. The monoisotopic (exact) mass is 1160 g/mol. The zero-order chi connectivity index (χ0) is 58.3. The molecule has 0 radical (unpaired) electrons. The topological polar surface area (TPSA) is 313 Å². The summed E-state index contributed by atoms with van der Waals surface area (Å²) in [6, 6.07) is 7.96. The van der Waals surface area contributed by atoms with Crippen molar-refractivity contribution in [2.24, 2.45) is 0 Å². The van der Waals surface area contributed by atoms with Crippen LogP contribution in [0.25, 0.3) is 11.3 Å². The highest BCUT2D eigenvalue weighted by Gasteiger charge is 2.53. The third kappa shape index (κ3) is 25.1. The van der Waals surface area contributed by atoms with E-state index < -0.39 is 29.4 Å². The van der Waals surface area contributed by atoms with E-state index in [1.54, 1.807) is 59.5 Å². The lowest BCUT2D eigenvalue weighted by molar-refractivity contribution is -0.198. The van der Waals surface area contributed by atoms with Crippen LogP contribution in [0, 0.1) is 0 Å². The van der Waals surface area contributed by atoms with Crippen molar-refractivity contribution in [1.29, 1.82) is 0 Å². The molecule has 456 valence electrons. The fraction of sp³-hybridized carbons (Fsp3) is 0.660. The van der Waals surface area contributed by atoms with Crippen LogP contribution < -0.4 is 15.5 Å². The number of urea groups is 2. The number of carbonyl (C=O) groups is 6. The van der Waals surface area contributed by atoms with Crippen molar-refractivity contribution in [3.05, 3.63) is 48.9 Å². The van der Waals surface area contributed by atoms with E-state index in [-0.39, 0.29) is 56.8 Å². The first-order valence-corrected chi connectivity index (χ1v) is 27.5. The van der Waals surface area contributed by atoms with Crippen LogP contribution in [0.5, 0.6) is 0 Å². The van der Waals surface area contributed by atoms with Gasteiger partial charge in [-0.05, 0) is 31.4 Å². The van der Waals surface area contributed by atoms with Gasteiger partial charge in [-0.1, -0.05) is 30.3 Å². The summed E-state index contributed by atoms with van der Waals surface area (Å²) in [5.74, 6) is -1.87. The van der Waals surface area contributed by atoms with E-state index in [1.807, 2.05) is 6.07 Å². The zero-order valence-electron chi connectivity index (χ0n) is 47.1. The summed E-state index contributed by atoms with van der Waals surface area (Å²) in [6.07, 6.45) is 6.55. The first-order chi connectivity index (χ1) is 40.1. The molecule has 0 unspecified atom stereocenters. The van der Waals surface area contributed by atoms with Crippen molar-refractivity contribution in [3.63, 3.8) is 0 Å². The molecule has 29 heteroatoms. The molecule has 0 aliphatic carbocycles. The molecule has 2 aromatic heterocycles. The average Bonchev–Trinajstić information content (AvgIpc) is 4.37. The van der Waals surface area contributed by atoms with Crippen molar-refractivity contribution in [3.8, 4) is 11.3 Å². The van der Waals surface area contributed by atoms with Gasteiger partial charge in [-0.15, -0.1) is 10.2 Å². The van der Waals surface area contributed by atoms with Gasteiger partial charge in [-0.3, -0.25) is 19.7 Å². The van der Waals surface area contributed by atoms with E-state index in [4.69, 9.17) is 61.7 Å². The zero-order valence-corrected chi connectivity index (χ0v) is 47.1. The van der Waals surface area contributed by atoms with Crippen molar-refractivity contribution in [2.45, 2.75) is 57.5 Å². The molecular formula is C53H80N10O19. The molecule has 1 spiro atoms. The molecule has 6 rings (SSSR count). The standard InChI is InChI=1S/C29H37N9O6.C24H43NO13/c1-2-13-42-15-17-44-18-16-43-14-12-37-21-24(34-35-37)22-19-30-26(31-20-22)32-27(40)36-10-8-29(9-11-36)25(39)38(28(41)33-29)23-6-4-3-5-7-23;1-29-6-7-31-10-11-33-14-15-35-18-19-37-21-20-36-17-16-34-13-12-32-9-8-30-5-4-24(28)38-25-22(26)2-3-23(25)27/h3-7,19-21H,2,8-18H2,1H3,(H,33,41)(H,30,31,32,40);2-21H2,1H3. The van der Waals surface area contributed by atoms with E-state index in [0.717, 1.165) is 13.0 Å². The number of carbonyl (C=O) groups excluding carboxylic acids is 6. The van der Waals surface area contributed by atoms with Crippen LogP contribution >= 0.6 is 0 Å². The minimum atomic E-state index is -1.02. The minimum absolute atomic E-state index is 0.0635. The highest BCUT2D eigenvalue weighted by molar-refractivity contribution is 6.23. The number of nitrogens with zero attached hydrogens (tertiary/aromatic N) is 8. The summed E-state index contributed by atoms with van der Waals surface area (Å²) in [6.45, 7) is 14.2. The van der Waals surface area contributed by atoms with Crippen molar-refractivity contribution < 1.29 is 90.4 Å². The SMILES string of the molecule is CCCOCCOCCOCCn1cc(-c2cnc(NC(=O)N3CCC4(CC3)NC(=O)N(c3ccccc3)C4=O)nc2)nn1.COCCOCCOCCOCCOCCOCCOCCOCCOCCC(=O)ON1C(=O)CCC1=O. The second-order valence-corrected chi connectivity index (χ2v) is 18.1. The molecule has 0 saturated carbocycles. The molecule has 3 aliphatic rings. The van der Waals surface area contributed by atoms with Crippen molar-refractivity contribution >= 4 is 47.4 Å². The maximum atomic E-state index is 13.2. The molecule has 5 heterocycles. The number of amides is 7. The number of hydroxylamine groups is 2. The van der Waals surface area contributed by atoms with Crippen LogP contribution in [0.2, 0.25) is 0 Å². The maximum absolute atomic E-state index is 13.2. The third-order valence-electron chi connectivity index (χ3n) is 12.0. The molecule has 29 nitrogen and oxygen atoms in total. The van der Waals surface area contributed by atoms with Crippen LogP contribution in [0.15, 0.2) is 48.9 Å². The summed E-state index contributed by atoms with van der Waals surface area (Å²) in [4.78, 5) is 89.1. The van der Waals surface area contributed by atoms with Gasteiger partial charge < -0.3 is 71.9 Å². The molecular weight excluding hydrogens is 1080 g/mol. The van der Waals surface area contributed by atoms with Crippen LogP contribution in [0.3, 0.4) is 0 Å². The summed E-state index contributed by atoms with van der Waals surface area (Å²) in [5.41, 5.74) is 0.730. The van der Waals surface area contributed by atoms with Gasteiger partial charge >= 0.3 is 18.0 Å². The smallest absolute Gasteiger partial charge is 0.335 e. The summed E-state index contributed by atoms with van der Waals surface area (Å²) >= 11 is 0. The van der Waals surface area contributed by atoms with E-state index in [2.05, 4.69) is 37.8 Å². The van der Waals surface area contributed by atoms with E-state index in [1.165, 1.54) is 4.90 Å². The lowest BCUT2D eigenvalue weighted by Gasteiger charge is -2.37. The summed E-state index contributed by atoms with van der Waals surface area (Å²) < 4.78 is 65.8. The summed E-state index contributed by atoms with van der Waals surface area (Å²) in [5, 5.41) is 14.4. The number of benzene rings is 1. The fourth-order valence-corrected chi connectivity index (χ4v) is 7.69. The summed E-state index contributed by atoms with van der Waals surface area (Å²) in [7, 11) is 1.63. The molecule has 0 atom stereocenters. The van der Waals surface area contributed by atoms with E-state index in [0.29, 0.717) is 180 Å². The molecule has 3 saturated heterocycles. The Bertz CT molecular complexity index is 2280. The number of anilines is 2. The number of nitrogens with one attached hydrogen (secondary N) is 2. The van der Waals surface area contributed by atoms with Gasteiger partial charge in [0.05, 0.1) is 170 Å². The molecule has 1 aromatic carbocycles. The second kappa shape index (κ2) is 40.1. The highest BCUT2D eigenvalue weighted by atomic mass is 16.7. The third-order valence-corrected chi connectivity index (χ3v) is 12.0. The molecule has 3 aliphatic heterocycles. The number of para-hydroxylation sites is 1. The average molecular weight is 1160 g/mol. The Morgan fingerprint density at radius 3 is 1.56 bits per heavy atom. The normalized spacial score (nSPS) is 14.9. The predicted octanol–water partition coefficient (Wildman–Crippen LogP) is 2.08. The minimum Gasteiger partial charge on any atom is -0.382 e. The molecule has 2 N–H and O–H groups in total. The molecule has 82 heavy (non-hydrogen) atoms. The van der Waals surface area contributed by atoms with Gasteiger partial charge in [0.1, 0.15) is 11.2 Å². The van der Waals surface area contributed by atoms with Crippen LogP contribution in [-0.2, 0) is 87.4 Å². The Kier molecular flexibility index (Phi) is 32.5. The first kappa shape index (κ1) is 66.6. The lowest BCUT2D eigenvalue weighted by Crippen LogP contribution is -2.56. The Morgan fingerprint density at radius 2 is 1.07 bits per heavy atom. The van der Waals surface area contributed by atoms with Crippen LogP contribution in [0.1, 0.15) is 45.4 Å². The van der Waals surface area contributed by atoms with Gasteiger partial charge in [0, 0.05) is 57.6 Å². The Morgan fingerprint density at radius 1 is 0.610 bits per heavy atom. The second-order valence-electron chi connectivity index (χ2n) is 18.1. The number of imide groups is 2. The van der Waals surface area contributed by atoms with E-state index in [9.17, 15) is 28.8 Å². The molecule has 7 amide bonds. The van der Waals surface area contributed by atoms with E-state index >= 15 is 0 Å². The Hall–Kier alpha value is -6.22. The quantitative estimate of drug-likeness (QED) is 0.0466. The van der Waals surface area contributed by atoms with Crippen molar-refractivity contribution in [2.75, 3.05) is 182 Å². The number of hydrogen-bond acceptors (Lipinski definition) is 23. The number of methoxy groups -OCH3 is 1. The number of hydrogen-bond donors (Lipinski definition) is 2. The van der Waals surface area contributed by atoms with Gasteiger partial charge in [0.2, 0.25) is 5.95 Å². The number of rotatable bonds is 42. The number of ether oxygens (including phenoxy) is 12. The van der Waals surface area contributed by atoms with Gasteiger partial charge in [-0.2, -0.15) is 0 Å². The van der Waals surface area contributed by atoms with Gasteiger partial charge in [-0.25, -0.2) is 33.9 Å². The largest absolute Gasteiger partial charge is 0.382 e.